The monoisotopic (exact) mass is 315 g/mol. The van der Waals surface area contributed by atoms with E-state index in [9.17, 15) is 9.90 Å². The van der Waals surface area contributed by atoms with E-state index in [1.165, 1.54) is 11.8 Å². The predicted molar refractivity (Wildman–Crippen MR) is 75.1 cm³/mol. The van der Waals surface area contributed by atoms with E-state index in [0.29, 0.717) is 16.3 Å². The fraction of sp³-hybridized carbons (Fsp3) is 0.0714. The number of rotatable bonds is 4. The summed E-state index contributed by atoms with van der Waals surface area (Å²) in [4.78, 5) is 12.4. The molecule has 0 aliphatic heterocycles. The number of nitrogens with two attached hydrogens (primary N) is 1. The van der Waals surface area contributed by atoms with E-state index in [4.69, 9.17) is 17.3 Å². The molecule has 2 rings (SSSR count). The first-order chi connectivity index (χ1) is 9.06. The molecule has 3 nitrogen and oxygen atoms in total. The maximum Gasteiger partial charge on any atom is 1.00 e. The van der Waals surface area contributed by atoms with E-state index in [0.717, 1.165) is 9.79 Å². The van der Waals surface area contributed by atoms with Crippen LogP contribution in [0.2, 0.25) is 5.02 Å². The first-order valence-corrected chi connectivity index (χ1v) is 6.76. The molecular weight excluding hydrogens is 305 g/mol. The van der Waals surface area contributed by atoms with Gasteiger partial charge in [-0.05, 0) is 35.9 Å². The van der Waals surface area contributed by atoms with Crippen molar-refractivity contribution in [2.24, 2.45) is 0 Å². The van der Waals surface area contributed by atoms with Gasteiger partial charge in [-0.2, -0.15) is 0 Å². The number of carboxylic acids is 1. The molecule has 2 N–H and O–H groups in total. The second-order valence-electron chi connectivity index (χ2n) is 3.93. The summed E-state index contributed by atoms with van der Waals surface area (Å²) in [5.74, 6) is -1.14. The summed E-state index contributed by atoms with van der Waals surface area (Å²) >= 11 is 7.29. The Morgan fingerprint density at radius 3 is 2.45 bits per heavy atom. The van der Waals surface area contributed by atoms with E-state index in [1.54, 1.807) is 24.3 Å². The van der Waals surface area contributed by atoms with Crippen molar-refractivity contribution in [2.45, 2.75) is 16.2 Å². The van der Waals surface area contributed by atoms with Gasteiger partial charge in [0.25, 0.3) is 0 Å². The molecule has 6 heteroatoms. The van der Waals surface area contributed by atoms with Crippen LogP contribution in [0.25, 0.3) is 0 Å². The van der Waals surface area contributed by atoms with Gasteiger partial charge in [-0.3, -0.25) is 0 Å². The molecule has 0 aliphatic rings. The predicted octanol–water partition coefficient (Wildman–Crippen LogP) is -0.630. The second kappa shape index (κ2) is 7.96. The van der Waals surface area contributed by atoms with Gasteiger partial charge in [0, 0.05) is 32.9 Å². The van der Waals surface area contributed by atoms with E-state index in [1.807, 2.05) is 18.2 Å². The Hall–Kier alpha value is -0.650. The molecule has 0 amide bonds. The first kappa shape index (κ1) is 17.4. The second-order valence-corrected chi connectivity index (χ2v) is 5.49. The van der Waals surface area contributed by atoms with E-state index in [2.05, 4.69) is 0 Å². The topological polar surface area (TPSA) is 66.2 Å². The van der Waals surface area contributed by atoms with Gasteiger partial charge < -0.3 is 15.6 Å². The molecule has 2 aromatic carbocycles. The maximum atomic E-state index is 10.6. The zero-order valence-corrected chi connectivity index (χ0v) is 14.5. The number of benzene rings is 2. The van der Waals surface area contributed by atoms with E-state index in [-0.39, 0.29) is 36.0 Å². The van der Waals surface area contributed by atoms with E-state index < -0.39 is 5.97 Å². The SMILES string of the molecule is Nc1c(CC(=O)[O-])cccc1Sc1ccc(Cl)cc1.[Na+]. The van der Waals surface area contributed by atoms with Gasteiger partial charge in [-0.25, -0.2) is 0 Å². The average Bonchev–Trinajstić information content (AvgIpc) is 2.36. The van der Waals surface area contributed by atoms with Crippen molar-refractivity contribution in [3.63, 3.8) is 0 Å². The molecular formula is C14H11ClNNaO2S. The Kier molecular flexibility index (Phi) is 6.92. The number of carbonyl (C=O) groups excluding carboxylic acids is 1. The minimum absolute atomic E-state index is 0. The van der Waals surface area contributed by atoms with Crippen LogP contribution < -0.4 is 40.4 Å². The molecule has 0 atom stereocenters. The van der Waals surface area contributed by atoms with E-state index >= 15 is 0 Å². The molecule has 0 radical (unpaired) electrons. The number of para-hydroxylation sites is 1. The van der Waals surface area contributed by atoms with Crippen LogP contribution in [0.5, 0.6) is 0 Å². The molecule has 0 bridgehead atoms. The number of carboxylic acid groups (broad SMARTS) is 1. The smallest absolute Gasteiger partial charge is 0.550 e. The van der Waals surface area contributed by atoms with Crippen molar-refractivity contribution in [1.29, 1.82) is 0 Å². The Morgan fingerprint density at radius 2 is 1.85 bits per heavy atom. The van der Waals surface area contributed by atoms with Crippen LogP contribution in [0, 0.1) is 0 Å². The van der Waals surface area contributed by atoms with Crippen molar-refractivity contribution >= 4 is 35.0 Å². The number of anilines is 1. The minimum Gasteiger partial charge on any atom is -0.550 e. The van der Waals surface area contributed by atoms with Gasteiger partial charge in [-0.1, -0.05) is 35.5 Å². The molecule has 0 unspecified atom stereocenters. The molecule has 0 saturated carbocycles. The Bertz CT molecular complexity index is 605. The van der Waals surface area contributed by atoms with Gasteiger partial charge >= 0.3 is 29.6 Å². The fourth-order valence-electron chi connectivity index (χ4n) is 1.62. The quantitative estimate of drug-likeness (QED) is 0.603. The fourth-order valence-corrected chi connectivity index (χ4v) is 2.66. The van der Waals surface area contributed by atoms with Gasteiger partial charge in [0.05, 0.1) is 0 Å². The zero-order chi connectivity index (χ0) is 13.8. The molecule has 0 spiro atoms. The molecule has 0 fully saturated rings. The number of nitrogen functional groups attached to an aromatic ring is 1. The number of carbonyl (C=O) groups is 1. The van der Waals surface area contributed by atoms with Crippen LogP contribution in [0.4, 0.5) is 5.69 Å². The standard InChI is InChI=1S/C14H12ClNO2S.Na/c15-10-4-6-11(7-5-10)19-12-3-1-2-9(14(12)16)8-13(17)18;/h1-7H,8,16H2,(H,17,18);/q;+1/p-1. The van der Waals surface area contributed by atoms with Crippen LogP contribution in [-0.2, 0) is 11.2 Å². The summed E-state index contributed by atoms with van der Waals surface area (Å²) in [7, 11) is 0. The maximum absolute atomic E-state index is 10.6. The molecule has 2 aromatic rings. The van der Waals surface area contributed by atoms with Crippen molar-refractivity contribution < 1.29 is 39.5 Å². The third kappa shape index (κ3) is 4.72. The Morgan fingerprint density at radius 1 is 1.20 bits per heavy atom. The van der Waals surface area contributed by atoms with Crippen LogP contribution >= 0.6 is 23.4 Å². The van der Waals surface area contributed by atoms with Gasteiger partial charge in [0.15, 0.2) is 0 Å². The number of aliphatic carboxylic acids is 1. The third-order valence-electron chi connectivity index (χ3n) is 2.53. The van der Waals surface area contributed by atoms with Gasteiger partial charge in [0.1, 0.15) is 0 Å². The average molecular weight is 316 g/mol. The van der Waals surface area contributed by atoms with Gasteiger partial charge in [-0.15, -0.1) is 0 Å². The minimum atomic E-state index is -1.14. The Labute approximate surface area is 148 Å². The molecule has 98 valence electrons. The van der Waals surface area contributed by atoms with Crippen LogP contribution in [-0.4, -0.2) is 5.97 Å². The van der Waals surface area contributed by atoms with Gasteiger partial charge in [0.2, 0.25) is 0 Å². The van der Waals surface area contributed by atoms with Crippen molar-refractivity contribution in [1.82, 2.24) is 0 Å². The van der Waals surface area contributed by atoms with Crippen molar-refractivity contribution in [2.75, 3.05) is 5.73 Å². The summed E-state index contributed by atoms with van der Waals surface area (Å²) in [6.45, 7) is 0. The summed E-state index contributed by atoms with van der Waals surface area (Å²) in [6.07, 6.45) is -0.180. The normalized spacial score (nSPS) is 9.85. The third-order valence-corrected chi connectivity index (χ3v) is 3.87. The summed E-state index contributed by atoms with van der Waals surface area (Å²) in [5.41, 5.74) is 7.02. The molecule has 0 saturated heterocycles. The molecule has 0 aromatic heterocycles. The van der Waals surface area contributed by atoms with Crippen molar-refractivity contribution in [3.05, 3.63) is 53.1 Å². The number of halogens is 1. The van der Waals surface area contributed by atoms with Crippen LogP contribution in [0.1, 0.15) is 5.56 Å². The largest absolute Gasteiger partial charge is 1.00 e. The zero-order valence-electron chi connectivity index (χ0n) is 10.9. The van der Waals surface area contributed by atoms with Crippen molar-refractivity contribution in [3.8, 4) is 0 Å². The first-order valence-electron chi connectivity index (χ1n) is 5.57. The Balaban J connectivity index is 0.00000200. The van der Waals surface area contributed by atoms with Crippen LogP contribution in [0.15, 0.2) is 52.3 Å². The summed E-state index contributed by atoms with van der Waals surface area (Å²) < 4.78 is 0. The van der Waals surface area contributed by atoms with Crippen LogP contribution in [0.3, 0.4) is 0 Å². The number of hydrogen-bond donors (Lipinski definition) is 1. The summed E-state index contributed by atoms with van der Waals surface area (Å²) in [6, 6.07) is 12.7. The number of hydrogen-bond acceptors (Lipinski definition) is 4. The summed E-state index contributed by atoms with van der Waals surface area (Å²) in [5, 5.41) is 11.3. The molecule has 0 aliphatic carbocycles. The molecule has 0 heterocycles. The molecule has 20 heavy (non-hydrogen) atoms.